The van der Waals surface area contributed by atoms with Crippen molar-refractivity contribution in [2.75, 3.05) is 0 Å². The second kappa shape index (κ2) is 6.17. The Kier molecular flexibility index (Phi) is 3.73. The molecule has 1 aliphatic heterocycles. The lowest BCUT2D eigenvalue weighted by molar-refractivity contribution is -0.135. The Balaban J connectivity index is 1.61. The molecule has 140 valence electrons. The average molecular weight is 392 g/mol. The number of furan rings is 1. The predicted octanol–water partition coefficient (Wildman–Crippen LogP) is 4.00. The van der Waals surface area contributed by atoms with E-state index in [9.17, 15) is 9.59 Å². The Hall–Kier alpha value is -3.19. The van der Waals surface area contributed by atoms with Gasteiger partial charge < -0.3 is 13.7 Å². The molecule has 0 N–H and O–H groups in total. The summed E-state index contributed by atoms with van der Waals surface area (Å²) in [5.74, 6) is 0.662. The van der Waals surface area contributed by atoms with Crippen molar-refractivity contribution in [2.45, 2.75) is 19.3 Å². The van der Waals surface area contributed by atoms with Crippen LogP contribution in [0.3, 0.4) is 0 Å². The normalized spacial score (nSPS) is 16.2. The van der Waals surface area contributed by atoms with Crippen LogP contribution in [0.15, 0.2) is 51.7 Å². The summed E-state index contributed by atoms with van der Waals surface area (Å²) in [6.07, 6.45) is 0.0676. The molecule has 1 atom stereocenters. The van der Waals surface area contributed by atoms with Crippen molar-refractivity contribution in [3.63, 3.8) is 0 Å². The van der Waals surface area contributed by atoms with Gasteiger partial charge in [-0.05, 0) is 31.2 Å². The smallest absolute Gasteiger partial charge is 0.312 e. The minimum Gasteiger partial charge on any atom is -0.458 e. The first-order valence-electron chi connectivity index (χ1n) is 8.88. The van der Waals surface area contributed by atoms with Gasteiger partial charge in [-0.3, -0.25) is 9.59 Å². The third-order valence-corrected chi connectivity index (χ3v) is 6.14. The third kappa shape index (κ3) is 2.58. The number of aromatic nitrogens is 2. The first kappa shape index (κ1) is 16.9. The van der Waals surface area contributed by atoms with E-state index >= 15 is 0 Å². The summed E-state index contributed by atoms with van der Waals surface area (Å²) in [6, 6.07) is 13.3. The molecular weight excluding hydrogens is 376 g/mol. The number of esters is 1. The number of pyridine rings is 1. The molecule has 4 aromatic rings. The van der Waals surface area contributed by atoms with E-state index < -0.39 is 5.92 Å². The number of ether oxygens (including phenoxy) is 1. The molecule has 0 aliphatic carbocycles. The molecule has 1 aliphatic rings. The van der Waals surface area contributed by atoms with Crippen LogP contribution in [-0.4, -0.2) is 15.5 Å². The standard InChI is InChI=1S/C21H16N2O4S/c1-11-9-16-19(21(25)23(11)2)12(10-18(24)27-16)14-7-8-15(26-14)20-22-13-5-3-4-6-17(13)28-20/h3-9,12H,10H2,1-2H3. The number of thiazole rings is 1. The first-order chi connectivity index (χ1) is 13.5. The summed E-state index contributed by atoms with van der Waals surface area (Å²) in [5, 5.41) is 0.767. The number of fused-ring (bicyclic) bond motifs is 2. The lowest BCUT2D eigenvalue weighted by Gasteiger charge is -2.23. The largest absolute Gasteiger partial charge is 0.458 e. The van der Waals surface area contributed by atoms with E-state index in [0.717, 1.165) is 20.9 Å². The number of benzene rings is 1. The minimum absolute atomic E-state index is 0.0676. The maximum absolute atomic E-state index is 12.8. The molecule has 0 saturated heterocycles. The molecule has 0 bridgehead atoms. The average Bonchev–Trinajstić information content (AvgIpc) is 3.32. The van der Waals surface area contributed by atoms with Crippen molar-refractivity contribution in [3.8, 4) is 16.5 Å². The van der Waals surface area contributed by atoms with Crippen molar-refractivity contribution >= 4 is 27.5 Å². The molecule has 5 rings (SSSR count). The molecule has 1 unspecified atom stereocenters. The molecule has 1 aromatic carbocycles. The van der Waals surface area contributed by atoms with E-state index in [1.807, 2.05) is 36.4 Å². The van der Waals surface area contributed by atoms with E-state index in [1.165, 1.54) is 0 Å². The number of carbonyl (C=O) groups excluding carboxylic acids is 1. The number of para-hydroxylation sites is 1. The number of rotatable bonds is 2. The SMILES string of the molecule is Cc1cc2c(c(=O)n1C)C(c1ccc(-c3nc4ccccc4s3)o1)CC(=O)O2. The number of aryl methyl sites for hydroxylation is 1. The van der Waals surface area contributed by atoms with Gasteiger partial charge >= 0.3 is 5.97 Å². The van der Waals surface area contributed by atoms with E-state index in [4.69, 9.17) is 9.15 Å². The second-order valence-corrected chi connectivity index (χ2v) is 7.88. The first-order valence-corrected chi connectivity index (χ1v) is 9.70. The van der Waals surface area contributed by atoms with Gasteiger partial charge in [-0.25, -0.2) is 4.98 Å². The van der Waals surface area contributed by atoms with Crippen LogP contribution in [0.25, 0.3) is 21.0 Å². The molecule has 28 heavy (non-hydrogen) atoms. The molecule has 7 heteroatoms. The fraction of sp³-hybridized carbons (Fsp3) is 0.190. The van der Waals surface area contributed by atoms with E-state index in [-0.39, 0.29) is 17.9 Å². The van der Waals surface area contributed by atoms with Gasteiger partial charge in [-0.2, -0.15) is 0 Å². The molecule has 0 amide bonds. The number of carbonyl (C=O) groups is 1. The Morgan fingerprint density at radius 2 is 2.00 bits per heavy atom. The maximum Gasteiger partial charge on any atom is 0.312 e. The van der Waals surface area contributed by atoms with Gasteiger partial charge in [0, 0.05) is 18.8 Å². The highest BCUT2D eigenvalue weighted by molar-refractivity contribution is 7.21. The Morgan fingerprint density at radius 1 is 1.18 bits per heavy atom. The van der Waals surface area contributed by atoms with Crippen LogP contribution in [-0.2, 0) is 11.8 Å². The van der Waals surface area contributed by atoms with Crippen LogP contribution in [0.1, 0.15) is 29.4 Å². The molecule has 0 fully saturated rings. The molecular formula is C21H16N2O4S. The van der Waals surface area contributed by atoms with Crippen molar-refractivity contribution in [3.05, 3.63) is 69.8 Å². The minimum atomic E-state index is -0.473. The predicted molar refractivity (Wildman–Crippen MR) is 106 cm³/mol. The number of hydrogen-bond acceptors (Lipinski definition) is 6. The fourth-order valence-corrected chi connectivity index (χ4v) is 4.45. The lowest BCUT2D eigenvalue weighted by Crippen LogP contribution is -2.31. The highest BCUT2D eigenvalue weighted by atomic mass is 32.1. The Bertz CT molecular complexity index is 1260. The Morgan fingerprint density at radius 3 is 2.82 bits per heavy atom. The maximum atomic E-state index is 12.8. The zero-order valence-electron chi connectivity index (χ0n) is 15.3. The molecule has 4 heterocycles. The fourth-order valence-electron chi connectivity index (χ4n) is 3.52. The summed E-state index contributed by atoms with van der Waals surface area (Å²) in [6.45, 7) is 1.80. The molecule has 6 nitrogen and oxygen atoms in total. The summed E-state index contributed by atoms with van der Waals surface area (Å²) in [4.78, 5) is 29.6. The van der Waals surface area contributed by atoms with Crippen LogP contribution < -0.4 is 10.3 Å². The lowest BCUT2D eigenvalue weighted by atomic mass is 9.91. The Labute approximate surface area is 164 Å². The van der Waals surface area contributed by atoms with E-state index in [1.54, 1.807) is 35.9 Å². The molecule has 0 saturated carbocycles. The van der Waals surface area contributed by atoms with Crippen LogP contribution >= 0.6 is 11.3 Å². The highest BCUT2D eigenvalue weighted by Gasteiger charge is 2.34. The molecule has 0 radical (unpaired) electrons. The summed E-state index contributed by atoms with van der Waals surface area (Å²) in [5.41, 5.74) is 1.92. The topological polar surface area (TPSA) is 74.3 Å². The van der Waals surface area contributed by atoms with Gasteiger partial charge in [0.05, 0.1) is 28.1 Å². The van der Waals surface area contributed by atoms with Gasteiger partial charge in [-0.15, -0.1) is 11.3 Å². The van der Waals surface area contributed by atoms with Crippen molar-refractivity contribution in [2.24, 2.45) is 7.05 Å². The van der Waals surface area contributed by atoms with Crippen molar-refractivity contribution < 1.29 is 13.9 Å². The van der Waals surface area contributed by atoms with Crippen molar-refractivity contribution in [1.29, 1.82) is 0 Å². The van der Waals surface area contributed by atoms with Crippen LogP contribution in [0.4, 0.5) is 0 Å². The number of nitrogens with zero attached hydrogens (tertiary/aromatic N) is 2. The van der Waals surface area contributed by atoms with Gasteiger partial charge in [0.15, 0.2) is 10.8 Å². The third-order valence-electron chi connectivity index (χ3n) is 5.09. The highest BCUT2D eigenvalue weighted by Crippen LogP contribution is 2.39. The van der Waals surface area contributed by atoms with Gasteiger partial charge in [0.2, 0.25) is 0 Å². The molecule has 0 spiro atoms. The van der Waals surface area contributed by atoms with E-state index in [0.29, 0.717) is 22.8 Å². The zero-order valence-corrected chi connectivity index (χ0v) is 16.1. The van der Waals surface area contributed by atoms with Crippen LogP contribution in [0.2, 0.25) is 0 Å². The van der Waals surface area contributed by atoms with Crippen molar-refractivity contribution in [1.82, 2.24) is 9.55 Å². The van der Waals surface area contributed by atoms with Crippen LogP contribution in [0.5, 0.6) is 5.75 Å². The van der Waals surface area contributed by atoms with E-state index in [2.05, 4.69) is 4.98 Å². The van der Waals surface area contributed by atoms with Gasteiger partial charge in [-0.1, -0.05) is 12.1 Å². The summed E-state index contributed by atoms with van der Waals surface area (Å²) < 4.78 is 14.0. The monoisotopic (exact) mass is 392 g/mol. The second-order valence-electron chi connectivity index (χ2n) is 6.85. The molecule has 3 aromatic heterocycles. The van der Waals surface area contributed by atoms with Crippen LogP contribution in [0, 0.1) is 6.92 Å². The quantitative estimate of drug-likeness (QED) is 0.482. The number of hydrogen-bond donors (Lipinski definition) is 0. The van der Waals surface area contributed by atoms with Gasteiger partial charge in [0.25, 0.3) is 5.56 Å². The summed E-state index contributed by atoms with van der Waals surface area (Å²) >= 11 is 1.54. The summed E-state index contributed by atoms with van der Waals surface area (Å²) in [7, 11) is 1.71. The van der Waals surface area contributed by atoms with Gasteiger partial charge in [0.1, 0.15) is 11.5 Å². The zero-order chi connectivity index (χ0) is 19.4.